The van der Waals surface area contributed by atoms with Crippen LogP contribution >= 0.6 is 27.3 Å². The van der Waals surface area contributed by atoms with Crippen LogP contribution < -0.4 is 5.73 Å². The Hall–Kier alpha value is 0.100. The van der Waals surface area contributed by atoms with Crippen molar-refractivity contribution in [3.8, 4) is 0 Å². The first-order chi connectivity index (χ1) is 8.54. The minimum Gasteiger partial charge on any atom is -0.329 e. The number of nitrogens with two attached hydrogens (primary N) is 1. The Bertz CT molecular complexity index is 393. The van der Waals surface area contributed by atoms with E-state index < -0.39 is 0 Å². The van der Waals surface area contributed by atoms with Crippen molar-refractivity contribution in [1.29, 1.82) is 0 Å². The molecular weight excluding hydrogens is 308 g/mol. The summed E-state index contributed by atoms with van der Waals surface area (Å²) in [7, 11) is 0. The van der Waals surface area contributed by atoms with Crippen LogP contribution in [0, 0.1) is 11.8 Å². The van der Waals surface area contributed by atoms with Crippen LogP contribution in [0.5, 0.6) is 0 Å². The molecule has 1 aliphatic rings. The highest BCUT2D eigenvalue weighted by Crippen LogP contribution is 2.38. The van der Waals surface area contributed by atoms with Gasteiger partial charge in [-0.15, -0.1) is 11.3 Å². The van der Waals surface area contributed by atoms with Crippen molar-refractivity contribution >= 4 is 27.3 Å². The summed E-state index contributed by atoms with van der Waals surface area (Å²) in [6.07, 6.45) is 1.33. The molecule has 102 valence electrons. The summed E-state index contributed by atoms with van der Waals surface area (Å²) in [6.45, 7) is 8.93. The van der Waals surface area contributed by atoms with Crippen LogP contribution in [0.3, 0.4) is 0 Å². The Morgan fingerprint density at radius 3 is 2.78 bits per heavy atom. The number of thiophene rings is 1. The summed E-state index contributed by atoms with van der Waals surface area (Å²) in [4.78, 5) is 3.99. The van der Waals surface area contributed by atoms with Crippen LogP contribution in [0.2, 0.25) is 0 Å². The molecule has 1 fully saturated rings. The van der Waals surface area contributed by atoms with Crippen molar-refractivity contribution in [2.75, 3.05) is 13.1 Å². The highest BCUT2D eigenvalue weighted by molar-refractivity contribution is 9.10. The van der Waals surface area contributed by atoms with E-state index in [1.807, 2.05) is 11.3 Å². The monoisotopic (exact) mass is 330 g/mol. The third-order valence-electron chi connectivity index (χ3n) is 4.21. The lowest BCUT2D eigenvalue weighted by atomic mass is 9.85. The zero-order valence-corrected chi connectivity index (χ0v) is 13.8. The summed E-state index contributed by atoms with van der Waals surface area (Å²) in [5, 5.41) is 2.14. The number of piperidine rings is 1. The quantitative estimate of drug-likeness (QED) is 0.911. The number of rotatable bonds is 3. The zero-order valence-electron chi connectivity index (χ0n) is 11.4. The molecule has 1 aromatic rings. The fourth-order valence-corrected chi connectivity index (χ4v) is 4.88. The van der Waals surface area contributed by atoms with E-state index in [1.54, 1.807) is 0 Å². The Morgan fingerprint density at radius 2 is 2.22 bits per heavy atom. The van der Waals surface area contributed by atoms with Crippen molar-refractivity contribution in [3.63, 3.8) is 0 Å². The van der Waals surface area contributed by atoms with Gasteiger partial charge >= 0.3 is 0 Å². The molecule has 18 heavy (non-hydrogen) atoms. The van der Waals surface area contributed by atoms with Crippen molar-refractivity contribution in [2.24, 2.45) is 17.6 Å². The fraction of sp³-hybridized carbons (Fsp3) is 0.714. The second kappa shape index (κ2) is 6.04. The average Bonchev–Trinajstić information content (AvgIpc) is 2.73. The van der Waals surface area contributed by atoms with E-state index in [0.717, 1.165) is 18.4 Å². The molecule has 4 atom stereocenters. The molecule has 2 N–H and O–H groups in total. The van der Waals surface area contributed by atoms with Crippen LogP contribution in [0.25, 0.3) is 0 Å². The van der Waals surface area contributed by atoms with E-state index in [4.69, 9.17) is 5.73 Å². The van der Waals surface area contributed by atoms with Gasteiger partial charge in [-0.05, 0) is 52.6 Å². The highest BCUT2D eigenvalue weighted by Gasteiger charge is 2.34. The highest BCUT2D eigenvalue weighted by atomic mass is 79.9. The number of hydrogen-bond acceptors (Lipinski definition) is 3. The first kappa shape index (κ1) is 14.5. The van der Waals surface area contributed by atoms with Gasteiger partial charge in [-0.3, -0.25) is 4.90 Å². The number of likely N-dealkylation sites (tertiary alicyclic amines) is 1. The van der Waals surface area contributed by atoms with E-state index in [2.05, 4.69) is 53.0 Å². The Morgan fingerprint density at radius 1 is 1.50 bits per heavy atom. The standard InChI is InChI=1S/C14H23BrN2S/c1-9-6-10(2)11(3)17(8-9)13(7-16)14-12(15)4-5-18-14/h4-5,9-11,13H,6-8,16H2,1-3H3. The van der Waals surface area contributed by atoms with Gasteiger partial charge in [0.1, 0.15) is 0 Å². The van der Waals surface area contributed by atoms with Crippen molar-refractivity contribution < 1.29 is 0 Å². The zero-order chi connectivity index (χ0) is 13.3. The van der Waals surface area contributed by atoms with Gasteiger partial charge in [0.15, 0.2) is 0 Å². The average molecular weight is 331 g/mol. The van der Waals surface area contributed by atoms with Gasteiger partial charge in [0.05, 0.1) is 6.04 Å². The van der Waals surface area contributed by atoms with Gasteiger partial charge in [0.25, 0.3) is 0 Å². The Kier molecular flexibility index (Phi) is 4.86. The van der Waals surface area contributed by atoms with E-state index in [9.17, 15) is 0 Å². The van der Waals surface area contributed by atoms with Gasteiger partial charge < -0.3 is 5.73 Å². The summed E-state index contributed by atoms with van der Waals surface area (Å²) >= 11 is 5.46. The van der Waals surface area contributed by atoms with Crippen LogP contribution in [0.15, 0.2) is 15.9 Å². The van der Waals surface area contributed by atoms with E-state index in [-0.39, 0.29) is 0 Å². The lowest BCUT2D eigenvalue weighted by Gasteiger charge is -2.45. The lowest BCUT2D eigenvalue weighted by molar-refractivity contribution is 0.0435. The normalized spacial score (nSPS) is 31.5. The molecule has 0 saturated carbocycles. The molecule has 2 nitrogen and oxygen atoms in total. The van der Waals surface area contributed by atoms with Crippen LogP contribution in [-0.2, 0) is 0 Å². The SMILES string of the molecule is CC1CC(C)C(C)N(C(CN)c2sccc2Br)C1. The molecule has 0 aromatic carbocycles. The number of hydrogen-bond donors (Lipinski definition) is 1. The topological polar surface area (TPSA) is 29.3 Å². The molecule has 0 bridgehead atoms. The molecule has 4 heteroatoms. The Balaban J connectivity index is 2.24. The maximum atomic E-state index is 6.06. The van der Waals surface area contributed by atoms with Gasteiger partial charge in [-0.2, -0.15) is 0 Å². The van der Waals surface area contributed by atoms with Crippen LogP contribution in [-0.4, -0.2) is 24.0 Å². The fourth-order valence-electron chi connectivity index (χ4n) is 3.11. The minimum absolute atomic E-state index is 0.361. The van der Waals surface area contributed by atoms with Gasteiger partial charge in [0, 0.05) is 28.5 Å². The first-order valence-corrected chi connectivity index (χ1v) is 8.40. The second-order valence-corrected chi connectivity index (χ2v) is 7.44. The maximum absolute atomic E-state index is 6.06. The van der Waals surface area contributed by atoms with Crippen LogP contribution in [0.1, 0.15) is 38.1 Å². The third kappa shape index (κ3) is 2.82. The maximum Gasteiger partial charge on any atom is 0.0578 e. The predicted molar refractivity (Wildman–Crippen MR) is 82.9 cm³/mol. The molecule has 2 heterocycles. The molecule has 2 rings (SSSR count). The number of nitrogens with zero attached hydrogens (tertiary/aromatic N) is 1. The molecule has 0 spiro atoms. The summed E-state index contributed by atoms with van der Waals surface area (Å²) in [6, 6.07) is 3.10. The van der Waals surface area contributed by atoms with E-state index >= 15 is 0 Å². The van der Waals surface area contributed by atoms with Crippen molar-refractivity contribution in [2.45, 2.75) is 39.3 Å². The molecule has 0 amide bonds. The molecule has 1 saturated heterocycles. The van der Waals surface area contributed by atoms with Crippen molar-refractivity contribution in [1.82, 2.24) is 4.90 Å². The summed E-state index contributed by atoms with van der Waals surface area (Å²) < 4.78 is 1.21. The molecular formula is C14H23BrN2S. The Labute approximate surface area is 123 Å². The van der Waals surface area contributed by atoms with E-state index in [0.29, 0.717) is 18.6 Å². The smallest absolute Gasteiger partial charge is 0.0578 e. The van der Waals surface area contributed by atoms with E-state index in [1.165, 1.54) is 15.8 Å². The summed E-state index contributed by atoms with van der Waals surface area (Å²) in [5.74, 6) is 1.52. The molecule has 4 unspecified atom stereocenters. The van der Waals surface area contributed by atoms with Crippen molar-refractivity contribution in [3.05, 3.63) is 20.8 Å². The molecule has 0 aliphatic carbocycles. The third-order valence-corrected chi connectivity index (χ3v) is 6.19. The van der Waals surface area contributed by atoms with Gasteiger partial charge in [-0.1, -0.05) is 13.8 Å². The molecule has 1 aromatic heterocycles. The second-order valence-electron chi connectivity index (χ2n) is 5.64. The molecule has 1 aliphatic heterocycles. The van der Waals surface area contributed by atoms with Gasteiger partial charge in [-0.25, -0.2) is 0 Å². The number of halogens is 1. The lowest BCUT2D eigenvalue weighted by Crippen LogP contribution is -2.49. The molecule has 0 radical (unpaired) electrons. The summed E-state index contributed by atoms with van der Waals surface area (Å²) in [5.41, 5.74) is 6.06. The van der Waals surface area contributed by atoms with Gasteiger partial charge in [0.2, 0.25) is 0 Å². The largest absolute Gasteiger partial charge is 0.329 e. The minimum atomic E-state index is 0.361. The first-order valence-electron chi connectivity index (χ1n) is 6.73. The predicted octanol–water partition coefficient (Wildman–Crippen LogP) is 3.88. The van der Waals surface area contributed by atoms with Crippen LogP contribution in [0.4, 0.5) is 0 Å².